The van der Waals surface area contributed by atoms with Crippen molar-refractivity contribution in [3.05, 3.63) is 194 Å². The number of hydrogen-bond acceptors (Lipinski definition) is 0. The molecule has 0 nitrogen and oxygen atoms in total. The van der Waals surface area contributed by atoms with E-state index in [2.05, 4.69) is 194 Å². The van der Waals surface area contributed by atoms with E-state index in [0.29, 0.717) is 0 Å². The van der Waals surface area contributed by atoms with Crippen LogP contribution in [0.5, 0.6) is 0 Å². The van der Waals surface area contributed by atoms with Crippen molar-refractivity contribution in [2.24, 2.45) is 0 Å². The van der Waals surface area contributed by atoms with E-state index >= 15 is 0 Å². The molecule has 8 aromatic rings. The second-order valence-corrected chi connectivity index (χ2v) is 15.7. The van der Waals surface area contributed by atoms with Crippen LogP contribution in [0, 0.1) is 0 Å². The van der Waals surface area contributed by atoms with Crippen molar-refractivity contribution in [3.8, 4) is 11.1 Å². The summed E-state index contributed by atoms with van der Waals surface area (Å²) in [7, 11) is -1.70. The van der Waals surface area contributed by atoms with Gasteiger partial charge in [0, 0.05) is 20.4 Å². The van der Waals surface area contributed by atoms with Gasteiger partial charge in [-0.05, 0) is 80.3 Å². The van der Waals surface area contributed by atoms with Gasteiger partial charge in [0.2, 0.25) is 0 Å². The van der Waals surface area contributed by atoms with E-state index < -0.39 is 15.8 Å². The average molecular weight is 729 g/mol. The zero-order valence-electron chi connectivity index (χ0n) is 25.7. The monoisotopic (exact) mass is 728 g/mol. The number of rotatable bonds is 7. The van der Waals surface area contributed by atoms with Gasteiger partial charge >= 0.3 is 0 Å². The van der Waals surface area contributed by atoms with E-state index in [1.165, 1.54) is 64.5 Å². The standard InChI is InChI=1S/C44H32P2.Pd/c1-5-19-35(20-6-1)45(36-21-7-2-8-22-36)41-31-29-33-17-13-15-27-39(33)43(41)44-40-28-16-14-18-34(40)30-32-42(44)46(37-23-9-3-10-24-37)38-25-11-4-12-26-38;/h1-32H;. The second kappa shape index (κ2) is 14.3. The predicted octanol–water partition coefficient (Wildman–Crippen LogP) is 9.17. The summed E-state index contributed by atoms with van der Waals surface area (Å²) >= 11 is 0. The molecule has 0 aromatic heterocycles. The Kier molecular flexibility index (Phi) is 9.54. The molecule has 0 amide bonds. The quantitative estimate of drug-likeness (QED) is 0.114. The molecular formula is C44H32P2Pd. The van der Waals surface area contributed by atoms with Gasteiger partial charge in [-0.15, -0.1) is 0 Å². The van der Waals surface area contributed by atoms with Crippen molar-refractivity contribution in [1.29, 1.82) is 0 Å². The van der Waals surface area contributed by atoms with Crippen LogP contribution in [0.3, 0.4) is 0 Å². The summed E-state index contributed by atoms with van der Waals surface area (Å²) in [6, 6.07) is 71.8. The molecule has 0 spiro atoms. The van der Waals surface area contributed by atoms with Crippen LogP contribution in [0.2, 0.25) is 0 Å². The van der Waals surface area contributed by atoms with Crippen LogP contribution in [0.1, 0.15) is 0 Å². The average Bonchev–Trinajstić information content (AvgIpc) is 3.14. The first-order chi connectivity index (χ1) is 22.9. The van der Waals surface area contributed by atoms with Gasteiger partial charge in [0.25, 0.3) is 0 Å². The largest absolute Gasteiger partial charge is 0.0622 e. The van der Waals surface area contributed by atoms with Gasteiger partial charge in [-0.2, -0.15) is 0 Å². The SMILES string of the molecule is [Pd].c1ccc(P(c2ccccc2)c2ccc3ccccc3c2-c2c(P(c3ccccc3)c3ccccc3)ccc3ccccc23)cc1. The van der Waals surface area contributed by atoms with Crippen LogP contribution in [-0.4, -0.2) is 0 Å². The molecule has 8 rings (SSSR count). The molecule has 0 bridgehead atoms. The Labute approximate surface area is 293 Å². The van der Waals surface area contributed by atoms with Gasteiger partial charge < -0.3 is 0 Å². The summed E-state index contributed by atoms with van der Waals surface area (Å²) in [5, 5.41) is 13.3. The van der Waals surface area contributed by atoms with Gasteiger partial charge in [-0.25, -0.2) is 0 Å². The molecule has 47 heavy (non-hydrogen) atoms. The summed E-state index contributed by atoms with van der Waals surface area (Å²) in [4.78, 5) is 0. The molecule has 8 aromatic carbocycles. The maximum Gasteiger partial charge on any atom is 0 e. The topological polar surface area (TPSA) is 0 Å². The van der Waals surface area contributed by atoms with Crippen LogP contribution in [-0.2, 0) is 20.4 Å². The minimum absolute atomic E-state index is 0. The van der Waals surface area contributed by atoms with Crippen molar-refractivity contribution in [2.45, 2.75) is 0 Å². The molecule has 0 saturated heterocycles. The predicted molar refractivity (Wildman–Crippen MR) is 204 cm³/mol. The fourth-order valence-corrected chi connectivity index (χ4v) is 11.5. The van der Waals surface area contributed by atoms with Crippen molar-refractivity contribution >= 4 is 69.2 Å². The number of benzene rings is 8. The van der Waals surface area contributed by atoms with Gasteiger partial charge in [0.1, 0.15) is 0 Å². The minimum atomic E-state index is -0.852. The summed E-state index contributed by atoms with van der Waals surface area (Å²) in [5.74, 6) is 0. The van der Waals surface area contributed by atoms with E-state index in [1.54, 1.807) is 0 Å². The van der Waals surface area contributed by atoms with Gasteiger partial charge in [0.05, 0.1) is 0 Å². The Morgan fingerprint density at radius 3 is 0.851 bits per heavy atom. The van der Waals surface area contributed by atoms with Crippen molar-refractivity contribution < 1.29 is 20.4 Å². The molecular weight excluding hydrogens is 697 g/mol. The molecule has 0 saturated carbocycles. The molecule has 0 aliphatic heterocycles. The van der Waals surface area contributed by atoms with Crippen LogP contribution in [0.4, 0.5) is 0 Å². The molecule has 0 N–H and O–H groups in total. The van der Waals surface area contributed by atoms with E-state index in [1.807, 2.05) is 0 Å². The molecule has 0 radical (unpaired) electrons. The first-order valence-electron chi connectivity index (χ1n) is 15.7. The third-order valence-electron chi connectivity index (χ3n) is 8.60. The fraction of sp³-hybridized carbons (Fsp3) is 0. The second-order valence-electron chi connectivity index (χ2n) is 11.4. The Morgan fingerprint density at radius 1 is 0.255 bits per heavy atom. The van der Waals surface area contributed by atoms with E-state index in [4.69, 9.17) is 0 Å². The molecule has 0 unspecified atom stereocenters. The zero-order chi connectivity index (χ0) is 30.7. The summed E-state index contributed by atoms with van der Waals surface area (Å²) in [5.41, 5.74) is 2.70. The Balaban J connectivity index is 0.00000351. The fourth-order valence-electron chi connectivity index (χ4n) is 6.58. The molecule has 228 valence electrons. The van der Waals surface area contributed by atoms with E-state index in [-0.39, 0.29) is 20.4 Å². The first-order valence-corrected chi connectivity index (χ1v) is 18.4. The summed E-state index contributed by atoms with van der Waals surface area (Å²) < 4.78 is 0. The minimum Gasteiger partial charge on any atom is -0.0622 e. The third-order valence-corrected chi connectivity index (χ3v) is 13.6. The summed E-state index contributed by atoms with van der Waals surface area (Å²) in [6.07, 6.45) is 0. The van der Waals surface area contributed by atoms with E-state index in [9.17, 15) is 0 Å². The molecule has 0 heterocycles. The molecule has 0 fully saturated rings. The summed E-state index contributed by atoms with van der Waals surface area (Å²) in [6.45, 7) is 0. The molecule has 0 aliphatic rings. The number of hydrogen-bond donors (Lipinski definition) is 0. The molecule has 3 heteroatoms. The van der Waals surface area contributed by atoms with Crippen molar-refractivity contribution in [2.75, 3.05) is 0 Å². The van der Waals surface area contributed by atoms with Crippen molar-refractivity contribution in [1.82, 2.24) is 0 Å². The van der Waals surface area contributed by atoms with Crippen LogP contribution in [0.15, 0.2) is 194 Å². The maximum absolute atomic E-state index is 2.42. The van der Waals surface area contributed by atoms with Crippen LogP contribution >= 0.6 is 15.8 Å². The Bertz CT molecular complexity index is 2010. The normalized spacial score (nSPS) is 11.2. The van der Waals surface area contributed by atoms with E-state index in [0.717, 1.165) is 0 Å². The first kappa shape index (κ1) is 31.4. The van der Waals surface area contributed by atoms with Crippen molar-refractivity contribution in [3.63, 3.8) is 0 Å². The molecule has 0 aliphatic carbocycles. The van der Waals surface area contributed by atoms with Crippen LogP contribution in [0.25, 0.3) is 32.7 Å². The molecule has 0 atom stereocenters. The number of fused-ring (bicyclic) bond motifs is 2. The van der Waals surface area contributed by atoms with Gasteiger partial charge in [0.15, 0.2) is 0 Å². The Hall–Kier alpha value is -4.20. The maximum atomic E-state index is 2.42. The van der Waals surface area contributed by atoms with Crippen LogP contribution < -0.4 is 31.8 Å². The third kappa shape index (κ3) is 6.15. The van der Waals surface area contributed by atoms with Gasteiger partial charge in [-0.3, -0.25) is 0 Å². The Morgan fingerprint density at radius 2 is 0.532 bits per heavy atom. The zero-order valence-corrected chi connectivity index (χ0v) is 29.0. The van der Waals surface area contributed by atoms with Gasteiger partial charge in [-0.1, -0.05) is 194 Å². The smallest absolute Gasteiger partial charge is 0 e.